The first-order valence-electron chi connectivity index (χ1n) is 8.20. The summed E-state index contributed by atoms with van der Waals surface area (Å²) in [5.74, 6) is 1.91. The van der Waals surface area contributed by atoms with Crippen LogP contribution in [0.15, 0.2) is 0 Å². The zero-order valence-electron chi connectivity index (χ0n) is 14.6. The van der Waals surface area contributed by atoms with Gasteiger partial charge in [0.05, 0.1) is 0 Å². The third kappa shape index (κ3) is 36.1. The molecule has 0 aliphatic heterocycles. The molecule has 0 rings (SSSR count). The van der Waals surface area contributed by atoms with E-state index in [1.807, 2.05) is 0 Å². The molecule has 2 unspecified atom stereocenters. The van der Waals surface area contributed by atoms with Crippen LogP contribution in [-0.2, 0) is 4.57 Å². The Morgan fingerprint density at radius 3 is 1.20 bits per heavy atom. The maximum atomic E-state index is 8.70. The fourth-order valence-corrected chi connectivity index (χ4v) is 1.51. The molecule has 0 aliphatic rings. The van der Waals surface area contributed by atoms with Gasteiger partial charge in [0.25, 0.3) is 0 Å². The minimum atomic E-state index is -2.87. The molecule has 20 heavy (non-hydrogen) atoms. The second-order valence-electron chi connectivity index (χ2n) is 5.56. The maximum Gasteiger partial charge on any atom is 0.692 e. The lowest BCUT2D eigenvalue weighted by Gasteiger charge is -2.04. The average molecular weight is 309 g/mol. The highest BCUT2D eigenvalue weighted by Crippen LogP contribution is 2.10. The van der Waals surface area contributed by atoms with Gasteiger partial charge in [0.1, 0.15) is 0 Å². The van der Waals surface area contributed by atoms with Crippen molar-refractivity contribution in [1.29, 1.82) is 0 Å². The Bertz CT molecular complexity index is 169. The van der Waals surface area contributed by atoms with Crippen molar-refractivity contribution in [2.75, 3.05) is 0 Å². The zero-order valence-corrected chi connectivity index (χ0v) is 15.5. The van der Waals surface area contributed by atoms with Crippen LogP contribution in [0.2, 0.25) is 0 Å². The zero-order chi connectivity index (χ0) is 16.4. The molecule has 2 atom stereocenters. The van der Waals surface area contributed by atoms with E-state index in [0.717, 1.165) is 11.8 Å². The lowest BCUT2D eigenvalue weighted by atomic mass is 10.0. The summed E-state index contributed by atoms with van der Waals surface area (Å²) in [5.41, 5.74) is 0. The Hall–Kier alpha value is 0.0200. The van der Waals surface area contributed by atoms with Gasteiger partial charge in [-0.25, -0.2) is 0 Å². The van der Waals surface area contributed by atoms with Crippen molar-refractivity contribution in [3.05, 3.63) is 0 Å². The van der Waals surface area contributed by atoms with E-state index in [1.54, 1.807) is 0 Å². The maximum absolute atomic E-state index is 8.70. The molecule has 0 spiro atoms. The molecule has 0 saturated heterocycles. The molecule has 2 N–H and O–H groups in total. The highest BCUT2D eigenvalue weighted by molar-refractivity contribution is 7.30. The molecular formula is C16H38O3P+. The Labute approximate surface area is 128 Å². The summed E-state index contributed by atoms with van der Waals surface area (Å²) < 4.78 is 8.70. The van der Waals surface area contributed by atoms with E-state index in [1.165, 1.54) is 51.4 Å². The standard InChI is InChI=1S/2C8H18.HO3P/c2*1-4-6-7-8(3)5-2;1-4(2)3/h2*8H,4-7H2,1-3H3;(H-,1,2,3)/p+1. The number of hydrogen-bond acceptors (Lipinski definition) is 1. The summed E-state index contributed by atoms with van der Waals surface area (Å²) in [6.07, 6.45) is 11.1. The van der Waals surface area contributed by atoms with Gasteiger partial charge >= 0.3 is 8.25 Å². The van der Waals surface area contributed by atoms with Crippen molar-refractivity contribution in [2.45, 2.75) is 92.9 Å². The van der Waals surface area contributed by atoms with E-state index >= 15 is 0 Å². The molecule has 0 heterocycles. The fourth-order valence-electron chi connectivity index (χ4n) is 1.51. The van der Waals surface area contributed by atoms with E-state index < -0.39 is 8.25 Å². The molecule has 0 aromatic heterocycles. The monoisotopic (exact) mass is 309 g/mol. The van der Waals surface area contributed by atoms with Crippen LogP contribution in [0.3, 0.4) is 0 Å². The van der Waals surface area contributed by atoms with Gasteiger partial charge in [-0.3, -0.25) is 0 Å². The fraction of sp³-hybridized carbons (Fsp3) is 1.00. The van der Waals surface area contributed by atoms with Crippen molar-refractivity contribution < 1.29 is 14.4 Å². The van der Waals surface area contributed by atoms with Gasteiger partial charge in [0.2, 0.25) is 0 Å². The lowest BCUT2D eigenvalue weighted by Crippen LogP contribution is -1.89. The first kappa shape index (κ1) is 25.0. The summed E-state index contributed by atoms with van der Waals surface area (Å²) in [6, 6.07) is 0. The van der Waals surface area contributed by atoms with Gasteiger partial charge in [-0.05, 0) is 11.8 Å². The summed E-state index contributed by atoms with van der Waals surface area (Å²) in [5, 5.41) is 0. The van der Waals surface area contributed by atoms with Crippen molar-refractivity contribution in [2.24, 2.45) is 11.8 Å². The van der Waals surface area contributed by atoms with Crippen molar-refractivity contribution in [3.8, 4) is 0 Å². The molecule has 0 fully saturated rings. The Morgan fingerprint density at radius 1 is 0.800 bits per heavy atom. The van der Waals surface area contributed by atoms with Crippen LogP contribution in [0.25, 0.3) is 0 Å². The predicted octanol–water partition coefficient (Wildman–Crippen LogP) is 6.07. The van der Waals surface area contributed by atoms with Crippen molar-refractivity contribution in [1.82, 2.24) is 0 Å². The van der Waals surface area contributed by atoms with Crippen LogP contribution < -0.4 is 0 Å². The third-order valence-electron chi connectivity index (χ3n) is 3.49. The first-order valence-corrected chi connectivity index (χ1v) is 9.36. The molecule has 0 saturated carbocycles. The molecule has 0 bridgehead atoms. The molecular weight excluding hydrogens is 271 g/mol. The van der Waals surface area contributed by atoms with Gasteiger partial charge in [-0.15, -0.1) is 9.79 Å². The summed E-state index contributed by atoms with van der Waals surface area (Å²) in [4.78, 5) is 14.2. The van der Waals surface area contributed by atoms with E-state index in [4.69, 9.17) is 14.4 Å². The van der Waals surface area contributed by atoms with E-state index in [9.17, 15) is 0 Å². The number of hydrogen-bond donors (Lipinski definition) is 2. The molecule has 0 aliphatic carbocycles. The van der Waals surface area contributed by atoms with Crippen LogP contribution in [-0.4, -0.2) is 9.79 Å². The minimum absolute atomic E-state index is 0.954. The molecule has 0 aromatic carbocycles. The SMILES string of the molecule is CCCCC(C)CC.CCCCC(C)CC.O=[P+](O)O. The second kappa shape index (κ2) is 21.3. The highest BCUT2D eigenvalue weighted by Gasteiger charge is 1.95. The van der Waals surface area contributed by atoms with Crippen molar-refractivity contribution >= 4 is 8.25 Å². The molecule has 3 nitrogen and oxygen atoms in total. The van der Waals surface area contributed by atoms with Crippen LogP contribution in [0.4, 0.5) is 0 Å². The topological polar surface area (TPSA) is 57.5 Å². The van der Waals surface area contributed by atoms with Crippen LogP contribution in [0.5, 0.6) is 0 Å². The van der Waals surface area contributed by atoms with Gasteiger partial charge in [-0.2, -0.15) is 0 Å². The number of rotatable bonds is 8. The van der Waals surface area contributed by atoms with E-state index in [0.29, 0.717) is 0 Å². The highest BCUT2D eigenvalue weighted by atomic mass is 31.1. The lowest BCUT2D eigenvalue weighted by molar-refractivity contribution is 0.405. The van der Waals surface area contributed by atoms with Gasteiger partial charge in [-0.1, -0.05) is 92.9 Å². The minimum Gasteiger partial charge on any atom is -0.134 e. The normalized spacial score (nSPS) is 12.4. The Morgan fingerprint density at radius 2 is 1.05 bits per heavy atom. The van der Waals surface area contributed by atoms with Crippen LogP contribution >= 0.6 is 8.25 Å². The van der Waals surface area contributed by atoms with Gasteiger partial charge < -0.3 is 0 Å². The van der Waals surface area contributed by atoms with E-state index in [2.05, 4.69) is 41.5 Å². The largest absolute Gasteiger partial charge is 0.692 e. The molecule has 4 heteroatoms. The number of unbranched alkanes of at least 4 members (excludes halogenated alkanes) is 2. The molecule has 0 radical (unpaired) electrons. The third-order valence-corrected chi connectivity index (χ3v) is 3.49. The van der Waals surface area contributed by atoms with Crippen molar-refractivity contribution in [3.63, 3.8) is 0 Å². The summed E-state index contributed by atoms with van der Waals surface area (Å²) in [6.45, 7) is 13.7. The second-order valence-corrected chi connectivity index (χ2v) is 6.07. The molecule has 0 aromatic rings. The van der Waals surface area contributed by atoms with Crippen LogP contribution in [0, 0.1) is 11.8 Å². The van der Waals surface area contributed by atoms with Gasteiger partial charge in [0.15, 0.2) is 0 Å². The predicted molar refractivity (Wildman–Crippen MR) is 90.0 cm³/mol. The Kier molecular flexibility index (Phi) is 26.7. The summed E-state index contributed by atoms with van der Waals surface area (Å²) >= 11 is 0. The Balaban J connectivity index is -0.000000230. The first-order chi connectivity index (χ1) is 9.35. The quantitative estimate of drug-likeness (QED) is 0.535. The van der Waals surface area contributed by atoms with Crippen LogP contribution in [0.1, 0.15) is 92.9 Å². The smallest absolute Gasteiger partial charge is 0.134 e. The molecule has 124 valence electrons. The van der Waals surface area contributed by atoms with E-state index in [-0.39, 0.29) is 0 Å². The van der Waals surface area contributed by atoms with Gasteiger partial charge in [0, 0.05) is 4.57 Å². The average Bonchev–Trinajstić information content (AvgIpc) is 2.42. The molecule has 0 amide bonds. The summed E-state index contributed by atoms with van der Waals surface area (Å²) in [7, 11) is -2.87.